The maximum Gasteiger partial charge on any atom is 0.331 e. The average Bonchev–Trinajstić information content (AvgIpc) is 2.96. The molecule has 2 amide bonds. The molecule has 1 fully saturated rings. The topological polar surface area (TPSA) is 43.8 Å². The predicted octanol–water partition coefficient (Wildman–Crippen LogP) is 4.74. The summed E-state index contributed by atoms with van der Waals surface area (Å²) in [6.45, 7) is 0.149. The number of nitrogens with zero attached hydrogens (tertiary/aromatic N) is 2. The Hall–Kier alpha value is -2.63. The van der Waals surface area contributed by atoms with Gasteiger partial charge in [0, 0.05) is 21.4 Å². The fourth-order valence-corrected chi connectivity index (χ4v) is 3.55. The lowest BCUT2D eigenvalue weighted by Gasteiger charge is -2.32. The first kappa shape index (κ1) is 16.8. The number of β-amino-alcohol motifs (C(OH)–C–C–N with tert-alkyl or cyclic N) is 1. The summed E-state index contributed by atoms with van der Waals surface area (Å²) in [6.07, 6.45) is 0. The Labute approximate surface area is 160 Å². The highest BCUT2D eigenvalue weighted by molar-refractivity contribution is 9.10. The van der Waals surface area contributed by atoms with E-state index in [2.05, 4.69) is 15.9 Å². The molecule has 130 valence electrons. The molecule has 3 aromatic carbocycles. The largest absolute Gasteiger partial charge is 0.365 e. The van der Waals surface area contributed by atoms with E-state index in [4.69, 9.17) is 0 Å². The quantitative estimate of drug-likeness (QED) is 0.679. The molecular weight excluding hydrogens is 392 g/mol. The molecule has 1 unspecified atom stereocenters. The Morgan fingerprint density at radius 1 is 0.808 bits per heavy atom. The molecule has 0 saturated carbocycles. The molecule has 5 heteroatoms. The first-order valence-corrected chi connectivity index (χ1v) is 9.09. The summed E-state index contributed by atoms with van der Waals surface area (Å²) < 4.78 is 0.913. The fourth-order valence-electron chi connectivity index (χ4n) is 3.29. The van der Waals surface area contributed by atoms with Crippen LogP contribution in [0.15, 0.2) is 89.4 Å². The maximum atomic E-state index is 13.3. The normalized spacial score (nSPS) is 19.8. The van der Waals surface area contributed by atoms with Gasteiger partial charge in [0.25, 0.3) is 0 Å². The molecule has 1 aliphatic rings. The molecule has 0 aromatic heterocycles. The molecule has 0 bridgehead atoms. The standard InChI is InChI=1S/C21H17BrN2O2/c22-17-11-13-19(14-12-17)24-20(25)23(18-9-5-2-6-10-18)15-21(24,26)16-7-3-1-4-8-16/h1-14,26H,15H2. The van der Waals surface area contributed by atoms with Gasteiger partial charge in [0.15, 0.2) is 5.72 Å². The number of para-hydroxylation sites is 1. The van der Waals surface area contributed by atoms with Gasteiger partial charge < -0.3 is 5.11 Å². The van der Waals surface area contributed by atoms with Crippen molar-refractivity contribution in [1.29, 1.82) is 0 Å². The highest BCUT2D eigenvalue weighted by atomic mass is 79.9. The van der Waals surface area contributed by atoms with E-state index in [0.717, 1.165) is 10.2 Å². The number of anilines is 2. The number of rotatable bonds is 3. The summed E-state index contributed by atoms with van der Waals surface area (Å²) in [5.41, 5.74) is 0.617. The van der Waals surface area contributed by atoms with Gasteiger partial charge in [-0.15, -0.1) is 0 Å². The van der Waals surface area contributed by atoms with Crippen LogP contribution in [-0.4, -0.2) is 17.7 Å². The van der Waals surface area contributed by atoms with Crippen molar-refractivity contribution in [3.05, 3.63) is 95.0 Å². The predicted molar refractivity (Wildman–Crippen MR) is 106 cm³/mol. The van der Waals surface area contributed by atoms with Crippen LogP contribution in [0.5, 0.6) is 0 Å². The van der Waals surface area contributed by atoms with Crippen molar-refractivity contribution >= 4 is 33.3 Å². The second-order valence-corrected chi connectivity index (χ2v) is 7.11. The lowest BCUT2D eigenvalue weighted by molar-refractivity contribution is 0.0655. The van der Waals surface area contributed by atoms with Crippen molar-refractivity contribution in [2.45, 2.75) is 5.72 Å². The number of aliphatic hydroxyl groups is 1. The van der Waals surface area contributed by atoms with Gasteiger partial charge >= 0.3 is 6.03 Å². The molecular formula is C21H17BrN2O2. The van der Waals surface area contributed by atoms with Crippen LogP contribution in [0, 0.1) is 0 Å². The Bertz CT molecular complexity index is 916. The van der Waals surface area contributed by atoms with E-state index in [-0.39, 0.29) is 12.6 Å². The number of amides is 2. The molecule has 4 nitrogen and oxygen atoms in total. The minimum atomic E-state index is -1.46. The van der Waals surface area contributed by atoms with Crippen molar-refractivity contribution < 1.29 is 9.90 Å². The van der Waals surface area contributed by atoms with E-state index in [9.17, 15) is 9.90 Å². The number of hydrogen-bond acceptors (Lipinski definition) is 2. The number of carbonyl (C=O) groups excluding carboxylic acids is 1. The van der Waals surface area contributed by atoms with Gasteiger partial charge in [-0.05, 0) is 36.4 Å². The lowest BCUT2D eigenvalue weighted by atomic mass is 10.0. The maximum absolute atomic E-state index is 13.3. The molecule has 0 aliphatic carbocycles. The molecule has 1 heterocycles. The van der Waals surface area contributed by atoms with Gasteiger partial charge in [-0.3, -0.25) is 9.80 Å². The van der Waals surface area contributed by atoms with Crippen LogP contribution >= 0.6 is 15.9 Å². The number of carbonyl (C=O) groups is 1. The average molecular weight is 409 g/mol. The minimum Gasteiger partial charge on any atom is -0.365 e. The van der Waals surface area contributed by atoms with Gasteiger partial charge in [-0.1, -0.05) is 64.5 Å². The summed E-state index contributed by atoms with van der Waals surface area (Å²) in [7, 11) is 0. The third kappa shape index (κ3) is 2.79. The number of halogens is 1. The van der Waals surface area contributed by atoms with Crippen molar-refractivity contribution in [2.75, 3.05) is 16.3 Å². The Morgan fingerprint density at radius 3 is 2.00 bits per heavy atom. The molecule has 0 radical (unpaired) electrons. The van der Waals surface area contributed by atoms with Crippen LogP contribution in [0.4, 0.5) is 16.2 Å². The smallest absolute Gasteiger partial charge is 0.331 e. The van der Waals surface area contributed by atoms with E-state index in [1.54, 1.807) is 4.90 Å². The van der Waals surface area contributed by atoms with Crippen LogP contribution in [-0.2, 0) is 5.72 Å². The zero-order valence-electron chi connectivity index (χ0n) is 13.9. The van der Waals surface area contributed by atoms with Crippen molar-refractivity contribution in [1.82, 2.24) is 0 Å². The van der Waals surface area contributed by atoms with E-state index >= 15 is 0 Å². The zero-order chi connectivity index (χ0) is 18.1. The minimum absolute atomic E-state index is 0.149. The summed E-state index contributed by atoms with van der Waals surface area (Å²) in [6, 6.07) is 25.8. The summed E-state index contributed by atoms with van der Waals surface area (Å²) in [4.78, 5) is 16.3. The second kappa shape index (κ2) is 6.59. The molecule has 3 aromatic rings. The second-order valence-electron chi connectivity index (χ2n) is 6.20. The number of hydrogen-bond donors (Lipinski definition) is 1. The van der Waals surface area contributed by atoms with E-state index in [0.29, 0.717) is 11.3 Å². The van der Waals surface area contributed by atoms with Crippen molar-refractivity contribution in [3.63, 3.8) is 0 Å². The van der Waals surface area contributed by atoms with Crippen molar-refractivity contribution in [2.24, 2.45) is 0 Å². The van der Waals surface area contributed by atoms with Crippen LogP contribution in [0.25, 0.3) is 0 Å². The van der Waals surface area contributed by atoms with Gasteiger partial charge in [-0.25, -0.2) is 4.79 Å². The Morgan fingerprint density at radius 2 is 1.38 bits per heavy atom. The van der Waals surface area contributed by atoms with Crippen LogP contribution in [0.1, 0.15) is 5.56 Å². The van der Waals surface area contributed by atoms with E-state index in [1.165, 1.54) is 4.90 Å². The summed E-state index contributed by atoms with van der Waals surface area (Å²) >= 11 is 3.41. The number of urea groups is 1. The fraction of sp³-hybridized carbons (Fsp3) is 0.0952. The first-order valence-electron chi connectivity index (χ1n) is 8.30. The van der Waals surface area contributed by atoms with Crippen LogP contribution in [0.3, 0.4) is 0 Å². The Kier molecular flexibility index (Phi) is 4.26. The van der Waals surface area contributed by atoms with Crippen LogP contribution in [0.2, 0.25) is 0 Å². The summed E-state index contributed by atoms with van der Waals surface area (Å²) in [5, 5.41) is 11.6. The molecule has 0 spiro atoms. The third-order valence-electron chi connectivity index (χ3n) is 4.56. The monoisotopic (exact) mass is 408 g/mol. The number of benzene rings is 3. The molecule has 1 aliphatic heterocycles. The molecule has 1 N–H and O–H groups in total. The summed E-state index contributed by atoms with van der Waals surface area (Å²) in [5.74, 6) is 0. The van der Waals surface area contributed by atoms with Crippen LogP contribution < -0.4 is 9.80 Å². The van der Waals surface area contributed by atoms with Gasteiger partial charge in [0.05, 0.1) is 6.54 Å². The van der Waals surface area contributed by atoms with Gasteiger partial charge in [0.2, 0.25) is 0 Å². The SMILES string of the molecule is O=C1N(c2ccccc2)CC(O)(c2ccccc2)N1c1ccc(Br)cc1. The Balaban J connectivity index is 1.84. The van der Waals surface area contributed by atoms with E-state index < -0.39 is 5.72 Å². The lowest BCUT2D eigenvalue weighted by Crippen LogP contribution is -2.44. The first-order chi connectivity index (χ1) is 12.6. The van der Waals surface area contributed by atoms with Gasteiger partial charge in [-0.2, -0.15) is 0 Å². The highest BCUT2D eigenvalue weighted by Gasteiger charge is 2.51. The van der Waals surface area contributed by atoms with Crippen molar-refractivity contribution in [3.8, 4) is 0 Å². The molecule has 1 saturated heterocycles. The molecule has 4 rings (SSSR count). The molecule has 26 heavy (non-hydrogen) atoms. The zero-order valence-corrected chi connectivity index (χ0v) is 15.5. The molecule has 1 atom stereocenters. The third-order valence-corrected chi connectivity index (χ3v) is 5.09. The van der Waals surface area contributed by atoms with E-state index in [1.807, 2.05) is 84.9 Å². The van der Waals surface area contributed by atoms with Gasteiger partial charge in [0.1, 0.15) is 0 Å². The highest BCUT2D eigenvalue weighted by Crippen LogP contribution is 2.40.